The molecule has 2 unspecified atom stereocenters. The zero-order chi connectivity index (χ0) is 13.2. The lowest BCUT2D eigenvalue weighted by Crippen LogP contribution is -2.53. The van der Waals surface area contributed by atoms with E-state index >= 15 is 0 Å². The first-order valence-electron chi connectivity index (χ1n) is 7.48. The van der Waals surface area contributed by atoms with Gasteiger partial charge in [0.2, 0.25) is 0 Å². The normalized spacial score (nSPS) is 29.0. The zero-order valence-corrected chi connectivity index (χ0v) is 12.1. The number of rotatable bonds is 5. The number of ether oxygens (including phenoxy) is 2. The SMILES string of the molecule is CCC(CC)(OC)C(O)C1CCOC2(CCC2)C1. The predicted octanol–water partition coefficient (Wildman–Crippen LogP) is 2.90. The molecule has 0 radical (unpaired) electrons. The summed E-state index contributed by atoms with van der Waals surface area (Å²) in [6.45, 7) is 5.01. The van der Waals surface area contributed by atoms with Gasteiger partial charge in [0, 0.05) is 13.7 Å². The summed E-state index contributed by atoms with van der Waals surface area (Å²) in [6.07, 6.45) is 6.98. The van der Waals surface area contributed by atoms with Gasteiger partial charge in [0.25, 0.3) is 0 Å². The third-order valence-electron chi connectivity index (χ3n) is 5.38. The molecular weight excluding hydrogens is 228 g/mol. The number of hydrogen-bond donors (Lipinski definition) is 1. The van der Waals surface area contributed by atoms with E-state index in [-0.39, 0.29) is 17.3 Å². The Balaban J connectivity index is 2.05. The Hall–Kier alpha value is -0.120. The topological polar surface area (TPSA) is 38.7 Å². The van der Waals surface area contributed by atoms with Gasteiger partial charge in [-0.3, -0.25) is 0 Å². The molecule has 1 saturated carbocycles. The Morgan fingerprint density at radius 1 is 1.39 bits per heavy atom. The van der Waals surface area contributed by atoms with Crippen molar-refractivity contribution in [2.75, 3.05) is 13.7 Å². The van der Waals surface area contributed by atoms with Crippen LogP contribution in [0.2, 0.25) is 0 Å². The minimum absolute atomic E-state index is 0.102. The number of aliphatic hydroxyl groups excluding tert-OH is 1. The van der Waals surface area contributed by atoms with Crippen molar-refractivity contribution in [1.29, 1.82) is 0 Å². The second-order valence-corrected chi connectivity index (χ2v) is 6.06. The van der Waals surface area contributed by atoms with Crippen molar-refractivity contribution >= 4 is 0 Å². The van der Waals surface area contributed by atoms with Crippen LogP contribution in [0.25, 0.3) is 0 Å². The summed E-state index contributed by atoms with van der Waals surface area (Å²) < 4.78 is 11.6. The molecule has 3 nitrogen and oxygen atoms in total. The lowest BCUT2D eigenvalue weighted by atomic mass is 9.68. The molecule has 0 aromatic heterocycles. The molecule has 0 bridgehead atoms. The van der Waals surface area contributed by atoms with Crippen LogP contribution in [0.15, 0.2) is 0 Å². The highest BCUT2D eigenvalue weighted by atomic mass is 16.5. The van der Waals surface area contributed by atoms with Crippen LogP contribution in [0, 0.1) is 5.92 Å². The predicted molar refractivity (Wildman–Crippen MR) is 71.6 cm³/mol. The molecule has 18 heavy (non-hydrogen) atoms. The number of aliphatic hydroxyl groups is 1. The average molecular weight is 256 g/mol. The largest absolute Gasteiger partial charge is 0.390 e. The van der Waals surface area contributed by atoms with Gasteiger partial charge >= 0.3 is 0 Å². The van der Waals surface area contributed by atoms with Crippen LogP contribution in [0.4, 0.5) is 0 Å². The van der Waals surface area contributed by atoms with Gasteiger partial charge in [0.15, 0.2) is 0 Å². The Bertz CT molecular complexity index is 261. The number of hydrogen-bond acceptors (Lipinski definition) is 3. The second kappa shape index (κ2) is 5.48. The van der Waals surface area contributed by atoms with E-state index in [1.54, 1.807) is 7.11 Å². The van der Waals surface area contributed by atoms with E-state index in [1.165, 1.54) is 19.3 Å². The van der Waals surface area contributed by atoms with E-state index in [9.17, 15) is 5.11 Å². The van der Waals surface area contributed by atoms with Crippen molar-refractivity contribution in [1.82, 2.24) is 0 Å². The first kappa shape index (κ1) is 14.3. The lowest BCUT2D eigenvalue weighted by molar-refractivity contribution is -0.189. The van der Waals surface area contributed by atoms with E-state index in [0.29, 0.717) is 5.92 Å². The Morgan fingerprint density at radius 2 is 2.06 bits per heavy atom. The second-order valence-electron chi connectivity index (χ2n) is 6.06. The fourth-order valence-corrected chi connectivity index (χ4v) is 3.76. The maximum absolute atomic E-state index is 10.8. The minimum atomic E-state index is -0.368. The van der Waals surface area contributed by atoms with E-state index in [1.807, 2.05) is 0 Å². The first-order valence-corrected chi connectivity index (χ1v) is 7.48. The lowest BCUT2D eigenvalue weighted by Gasteiger charge is -2.50. The van der Waals surface area contributed by atoms with Crippen LogP contribution in [0.3, 0.4) is 0 Å². The van der Waals surface area contributed by atoms with Crippen molar-refractivity contribution in [3.05, 3.63) is 0 Å². The molecule has 2 aliphatic rings. The Labute approximate surface area is 111 Å². The average Bonchev–Trinajstić information content (AvgIpc) is 2.39. The Morgan fingerprint density at radius 3 is 2.50 bits per heavy atom. The Kier molecular flexibility index (Phi) is 4.35. The summed E-state index contributed by atoms with van der Waals surface area (Å²) in [4.78, 5) is 0. The molecule has 1 aliphatic carbocycles. The summed E-state index contributed by atoms with van der Waals surface area (Å²) in [5.41, 5.74) is -0.266. The maximum atomic E-state index is 10.8. The molecule has 2 fully saturated rings. The van der Waals surface area contributed by atoms with E-state index in [2.05, 4.69) is 13.8 Å². The highest BCUT2D eigenvalue weighted by Gasteiger charge is 2.48. The molecule has 0 amide bonds. The molecule has 1 N–H and O–H groups in total. The van der Waals surface area contributed by atoms with Crippen LogP contribution in [0.1, 0.15) is 58.8 Å². The third-order valence-corrected chi connectivity index (χ3v) is 5.38. The van der Waals surface area contributed by atoms with Crippen LogP contribution in [-0.4, -0.2) is 36.1 Å². The monoisotopic (exact) mass is 256 g/mol. The molecule has 106 valence electrons. The van der Waals surface area contributed by atoms with Gasteiger partial charge in [0.1, 0.15) is 0 Å². The van der Waals surface area contributed by atoms with Crippen molar-refractivity contribution in [2.24, 2.45) is 5.92 Å². The van der Waals surface area contributed by atoms with Gasteiger partial charge in [-0.2, -0.15) is 0 Å². The fraction of sp³-hybridized carbons (Fsp3) is 1.00. The summed E-state index contributed by atoms with van der Waals surface area (Å²) in [5.74, 6) is 0.332. The first-order chi connectivity index (χ1) is 8.61. The molecule has 1 saturated heterocycles. The van der Waals surface area contributed by atoms with Gasteiger partial charge in [-0.05, 0) is 50.9 Å². The van der Waals surface area contributed by atoms with Gasteiger partial charge in [-0.15, -0.1) is 0 Å². The highest BCUT2D eigenvalue weighted by Crippen LogP contribution is 2.46. The minimum Gasteiger partial charge on any atom is -0.390 e. The van der Waals surface area contributed by atoms with Crippen molar-refractivity contribution in [2.45, 2.75) is 76.1 Å². The van der Waals surface area contributed by atoms with Crippen molar-refractivity contribution in [3.63, 3.8) is 0 Å². The van der Waals surface area contributed by atoms with Crippen LogP contribution < -0.4 is 0 Å². The quantitative estimate of drug-likeness (QED) is 0.822. The van der Waals surface area contributed by atoms with E-state index in [4.69, 9.17) is 9.47 Å². The highest BCUT2D eigenvalue weighted by molar-refractivity contribution is 4.99. The molecule has 1 aliphatic heterocycles. The van der Waals surface area contributed by atoms with E-state index in [0.717, 1.165) is 32.3 Å². The zero-order valence-electron chi connectivity index (χ0n) is 12.1. The summed E-state index contributed by atoms with van der Waals surface area (Å²) in [5, 5.41) is 10.8. The molecule has 2 rings (SSSR count). The maximum Gasteiger partial charge on any atom is 0.0933 e. The summed E-state index contributed by atoms with van der Waals surface area (Å²) >= 11 is 0. The van der Waals surface area contributed by atoms with Gasteiger partial charge in [-0.1, -0.05) is 13.8 Å². The number of methoxy groups -OCH3 is 1. The van der Waals surface area contributed by atoms with Gasteiger partial charge < -0.3 is 14.6 Å². The molecule has 3 heteroatoms. The summed E-state index contributed by atoms with van der Waals surface area (Å²) in [7, 11) is 1.73. The third kappa shape index (κ3) is 2.33. The molecular formula is C15H28O3. The molecule has 1 heterocycles. The van der Waals surface area contributed by atoms with Crippen molar-refractivity contribution < 1.29 is 14.6 Å². The fourth-order valence-electron chi connectivity index (χ4n) is 3.76. The molecule has 0 aromatic carbocycles. The van der Waals surface area contributed by atoms with Crippen LogP contribution >= 0.6 is 0 Å². The van der Waals surface area contributed by atoms with Crippen LogP contribution in [-0.2, 0) is 9.47 Å². The molecule has 1 spiro atoms. The van der Waals surface area contributed by atoms with Gasteiger partial charge in [-0.25, -0.2) is 0 Å². The van der Waals surface area contributed by atoms with E-state index < -0.39 is 0 Å². The smallest absolute Gasteiger partial charge is 0.0933 e. The summed E-state index contributed by atoms with van der Waals surface area (Å²) in [6, 6.07) is 0. The molecule has 2 atom stereocenters. The van der Waals surface area contributed by atoms with Crippen LogP contribution in [0.5, 0.6) is 0 Å². The molecule has 0 aromatic rings. The van der Waals surface area contributed by atoms with Gasteiger partial charge in [0.05, 0.1) is 17.3 Å². The van der Waals surface area contributed by atoms with Crippen molar-refractivity contribution in [3.8, 4) is 0 Å². The standard InChI is InChI=1S/C15H28O3/c1-4-15(5-2,17-3)13(16)12-7-10-18-14(11-12)8-6-9-14/h12-13,16H,4-11H2,1-3H3.